The molecule has 0 aromatic carbocycles. The van der Waals surface area contributed by atoms with Crippen molar-refractivity contribution in [2.75, 3.05) is 6.54 Å². The Hall–Kier alpha value is -0.0400. The molecule has 2 aliphatic rings. The maximum Gasteiger partial charge on any atom is 0.00156 e. The first-order valence-electron chi connectivity index (χ1n) is 7.85. The van der Waals surface area contributed by atoms with E-state index in [1.54, 1.807) is 0 Å². The fraction of sp³-hybridized carbons (Fsp3) is 1.00. The van der Waals surface area contributed by atoms with Gasteiger partial charge in [0.2, 0.25) is 0 Å². The normalized spacial score (nSPS) is 36.4. The van der Waals surface area contributed by atoms with Gasteiger partial charge < -0.3 is 5.32 Å². The molecule has 0 spiro atoms. The van der Waals surface area contributed by atoms with Crippen molar-refractivity contribution in [3.63, 3.8) is 0 Å². The molecule has 3 atom stereocenters. The monoisotopic (exact) mass is 237 g/mol. The minimum atomic E-state index is 0.639. The van der Waals surface area contributed by atoms with Crippen molar-refractivity contribution in [1.82, 2.24) is 5.32 Å². The van der Waals surface area contributed by atoms with Crippen LogP contribution in [0.15, 0.2) is 0 Å². The average Bonchev–Trinajstić information content (AvgIpc) is 2.89. The van der Waals surface area contributed by atoms with Crippen molar-refractivity contribution in [3.05, 3.63) is 0 Å². The molecular formula is C16H31N. The molecular weight excluding hydrogens is 206 g/mol. The van der Waals surface area contributed by atoms with Gasteiger partial charge in [0, 0.05) is 12.6 Å². The van der Waals surface area contributed by atoms with Crippen molar-refractivity contribution >= 4 is 0 Å². The summed E-state index contributed by atoms with van der Waals surface area (Å²) in [6, 6.07) is 0.639. The van der Waals surface area contributed by atoms with E-state index in [0.29, 0.717) is 11.5 Å². The highest BCUT2D eigenvalue weighted by Gasteiger charge is 2.53. The molecule has 2 rings (SSSR count). The Kier molecular flexibility index (Phi) is 4.18. The van der Waals surface area contributed by atoms with Gasteiger partial charge in [0.15, 0.2) is 0 Å². The maximum absolute atomic E-state index is 3.76. The Morgan fingerprint density at radius 2 is 1.88 bits per heavy atom. The molecule has 0 aromatic rings. The quantitative estimate of drug-likeness (QED) is 0.729. The summed E-state index contributed by atoms with van der Waals surface area (Å²) < 4.78 is 0. The van der Waals surface area contributed by atoms with Crippen LogP contribution in [-0.2, 0) is 0 Å². The van der Waals surface area contributed by atoms with Crippen LogP contribution in [0.25, 0.3) is 0 Å². The smallest absolute Gasteiger partial charge is 0.00156 e. The Labute approximate surface area is 108 Å². The lowest BCUT2D eigenvalue weighted by Crippen LogP contribution is -2.45. The van der Waals surface area contributed by atoms with Crippen molar-refractivity contribution in [3.8, 4) is 0 Å². The number of rotatable bonds is 6. The highest BCUT2D eigenvalue weighted by atomic mass is 14.9. The van der Waals surface area contributed by atoms with E-state index in [1.807, 2.05) is 0 Å². The largest absolute Gasteiger partial charge is 0.314 e. The van der Waals surface area contributed by atoms with Gasteiger partial charge in [0.25, 0.3) is 0 Å². The van der Waals surface area contributed by atoms with Crippen LogP contribution in [-0.4, -0.2) is 12.6 Å². The molecule has 0 amide bonds. The summed E-state index contributed by atoms with van der Waals surface area (Å²) in [5.41, 5.74) is 0.649. The van der Waals surface area contributed by atoms with Crippen LogP contribution in [0, 0.1) is 23.2 Å². The molecule has 0 heterocycles. The maximum atomic E-state index is 3.76. The summed E-state index contributed by atoms with van der Waals surface area (Å²) in [4.78, 5) is 0. The average molecular weight is 237 g/mol. The molecule has 1 N–H and O–H groups in total. The topological polar surface area (TPSA) is 12.0 Å². The lowest BCUT2D eigenvalue weighted by Gasteiger charge is -2.45. The van der Waals surface area contributed by atoms with Crippen LogP contribution in [0.1, 0.15) is 66.2 Å². The summed E-state index contributed by atoms with van der Waals surface area (Å²) in [7, 11) is 0. The minimum absolute atomic E-state index is 0.639. The number of nitrogens with one attached hydrogen (secondary N) is 1. The van der Waals surface area contributed by atoms with Gasteiger partial charge in [-0.05, 0) is 42.4 Å². The summed E-state index contributed by atoms with van der Waals surface area (Å²) in [6.07, 6.45) is 8.84. The molecule has 2 bridgehead atoms. The van der Waals surface area contributed by atoms with E-state index >= 15 is 0 Å². The van der Waals surface area contributed by atoms with Gasteiger partial charge in [-0.25, -0.2) is 0 Å². The Morgan fingerprint density at radius 1 is 1.18 bits per heavy atom. The lowest BCUT2D eigenvalue weighted by molar-refractivity contribution is 0.0643. The second kappa shape index (κ2) is 5.30. The van der Waals surface area contributed by atoms with Crippen molar-refractivity contribution in [1.29, 1.82) is 0 Å². The molecule has 2 fully saturated rings. The zero-order valence-electron chi connectivity index (χ0n) is 12.3. The number of hydrogen-bond acceptors (Lipinski definition) is 1. The molecule has 1 heteroatoms. The zero-order valence-corrected chi connectivity index (χ0v) is 12.3. The van der Waals surface area contributed by atoms with Gasteiger partial charge in [-0.1, -0.05) is 47.0 Å². The van der Waals surface area contributed by atoms with Gasteiger partial charge in [-0.3, -0.25) is 0 Å². The molecule has 0 aromatic heterocycles. The van der Waals surface area contributed by atoms with Crippen molar-refractivity contribution < 1.29 is 0 Å². The Morgan fingerprint density at radius 3 is 2.29 bits per heavy atom. The molecule has 0 saturated heterocycles. The third-order valence-electron chi connectivity index (χ3n) is 5.66. The van der Waals surface area contributed by atoms with E-state index in [9.17, 15) is 0 Å². The minimum Gasteiger partial charge on any atom is -0.314 e. The molecule has 0 aliphatic heterocycles. The van der Waals surface area contributed by atoms with Crippen molar-refractivity contribution in [2.45, 2.75) is 72.3 Å². The highest BCUT2D eigenvalue weighted by molar-refractivity contribution is 5.04. The van der Waals surface area contributed by atoms with Crippen LogP contribution in [0.2, 0.25) is 0 Å². The number of fused-ring (bicyclic) bond motifs is 2. The van der Waals surface area contributed by atoms with Crippen LogP contribution in [0.5, 0.6) is 0 Å². The predicted molar refractivity (Wildman–Crippen MR) is 75.1 cm³/mol. The van der Waals surface area contributed by atoms with Gasteiger partial charge in [-0.2, -0.15) is 0 Å². The van der Waals surface area contributed by atoms with E-state index in [0.717, 1.165) is 17.8 Å². The van der Waals surface area contributed by atoms with E-state index < -0.39 is 0 Å². The first-order valence-corrected chi connectivity index (χ1v) is 7.85. The molecule has 100 valence electrons. The highest BCUT2D eigenvalue weighted by Crippen LogP contribution is 2.60. The van der Waals surface area contributed by atoms with Gasteiger partial charge in [0.05, 0.1) is 0 Å². The van der Waals surface area contributed by atoms with Crippen LogP contribution in [0.4, 0.5) is 0 Å². The molecule has 1 nitrogen and oxygen atoms in total. The standard InChI is InChI=1S/C16H31N/c1-5-14(6-2)16(11-17-12(3)4)10-13-7-8-15(16)9-13/h12-15,17H,5-11H2,1-4H3. The SMILES string of the molecule is CCC(CC)C1(CNC(C)C)CC2CCC1C2. The van der Waals surface area contributed by atoms with Gasteiger partial charge in [-0.15, -0.1) is 0 Å². The van der Waals surface area contributed by atoms with Gasteiger partial charge in [0.1, 0.15) is 0 Å². The summed E-state index contributed by atoms with van der Waals surface area (Å²) in [5.74, 6) is 3.04. The Bertz CT molecular complexity index is 244. The zero-order chi connectivity index (χ0) is 12.5. The molecule has 2 saturated carbocycles. The fourth-order valence-corrected chi connectivity index (χ4v) is 4.84. The van der Waals surface area contributed by atoms with Crippen LogP contribution >= 0.6 is 0 Å². The van der Waals surface area contributed by atoms with Crippen LogP contribution in [0.3, 0.4) is 0 Å². The third kappa shape index (κ3) is 2.41. The Balaban J connectivity index is 2.11. The second-order valence-electron chi connectivity index (χ2n) is 6.86. The molecule has 0 radical (unpaired) electrons. The lowest BCUT2D eigenvalue weighted by atomic mass is 9.63. The summed E-state index contributed by atoms with van der Waals surface area (Å²) in [6.45, 7) is 10.6. The van der Waals surface area contributed by atoms with Gasteiger partial charge >= 0.3 is 0 Å². The predicted octanol–water partition coefficient (Wildman–Crippen LogP) is 4.23. The van der Waals surface area contributed by atoms with E-state index in [2.05, 4.69) is 33.0 Å². The second-order valence-corrected chi connectivity index (χ2v) is 6.86. The first-order chi connectivity index (χ1) is 8.12. The summed E-state index contributed by atoms with van der Waals surface area (Å²) >= 11 is 0. The number of hydrogen-bond donors (Lipinski definition) is 1. The molecule has 2 aliphatic carbocycles. The fourth-order valence-electron chi connectivity index (χ4n) is 4.84. The van der Waals surface area contributed by atoms with E-state index in [4.69, 9.17) is 0 Å². The van der Waals surface area contributed by atoms with Crippen molar-refractivity contribution in [2.24, 2.45) is 23.2 Å². The first kappa shape index (κ1) is 13.4. The van der Waals surface area contributed by atoms with E-state index in [-0.39, 0.29) is 0 Å². The summed E-state index contributed by atoms with van der Waals surface area (Å²) in [5, 5.41) is 3.76. The molecule has 3 unspecified atom stereocenters. The van der Waals surface area contributed by atoms with E-state index in [1.165, 1.54) is 45.1 Å². The van der Waals surface area contributed by atoms with Crippen LogP contribution < -0.4 is 5.32 Å². The molecule has 17 heavy (non-hydrogen) atoms. The third-order valence-corrected chi connectivity index (χ3v) is 5.66.